The molecule has 102 valence electrons. The van der Waals surface area contributed by atoms with Gasteiger partial charge in [-0.25, -0.2) is 0 Å². The maximum absolute atomic E-state index is 12.9. The third kappa shape index (κ3) is 2.81. The van der Waals surface area contributed by atoms with Crippen molar-refractivity contribution in [3.05, 3.63) is 24.3 Å². The number of hydrogen-bond acceptors (Lipinski definition) is 2. The Labute approximate surface area is 111 Å². The molecule has 2 nitrogen and oxygen atoms in total. The molecular weight excluding hydrogens is 262 g/mol. The van der Waals surface area contributed by atoms with Crippen molar-refractivity contribution in [1.82, 2.24) is 0 Å². The highest BCUT2D eigenvalue weighted by molar-refractivity contribution is 7.77. The van der Waals surface area contributed by atoms with Crippen LogP contribution in [0.1, 0.15) is 27.7 Å². The monoisotopic (exact) mass is 286 g/mol. The minimum absolute atomic E-state index is 0.0748. The quantitative estimate of drug-likeness (QED) is 0.790. The van der Waals surface area contributed by atoms with E-state index in [-0.39, 0.29) is 11.3 Å². The van der Waals surface area contributed by atoms with Gasteiger partial charge in [0.2, 0.25) is 0 Å². The van der Waals surface area contributed by atoms with Crippen molar-refractivity contribution in [2.75, 3.05) is 13.3 Å². The van der Waals surface area contributed by atoms with E-state index in [1.807, 2.05) is 52.0 Å². The molecule has 0 aliphatic heterocycles. The van der Waals surface area contributed by atoms with Gasteiger partial charge in [0, 0.05) is 21.9 Å². The summed E-state index contributed by atoms with van der Waals surface area (Å²) in [6.07, 6.45) is 0. The first-order chi connectivity index (χ1) is 8.11. The fraction of sp³-hybridized carbons (Fsp3) is 0.571. The van der Waals surface area contributed by atoms with E-state index in [0.717, 1.165) is 10.6 Å². The van der Waals surface area contributed by atoms with Crippen molar-refractivity contribution in [2.24, 2.45) is 0 Å². The summed E-state index contributed by atoms with van der Waals surface area (Å²) < 4.78 is 25.8. The molecule has 1 rings (SSSR count). The summed E-state index contributed by atoms with van der Waals surface area (Å²) in [5, 5.41) is 1.61. The van der Waals surface area contributed by atoms with Crippen molar-refractivity contribution in [3.8, 4) is 0 Å². The van der Waals surface area contributed by atoms with Crippen LogP contribution in [0.5, 0.6) is 0 Å². The molecule has 4 heteroatoms. The van der Waals surface area contributed by atoms with Gasteiger partial charge in [-0.05, 0) is 13.3 Å². The van der Waals surface area contributed by atoms with Crippen LogP contribution < -0.4 is 10.6 Å². The summed E-state index contributed by atoms with van der Waals surface area (Å²) in [6, 6.07) is 7.54. The van der Waals surface area contributed by atoms with E-state index in [4.69, 9.17) is 0 Å². The smallest absolute Gasteiger partial charge is 0.115 e. The van der Waals surface area contributed by atoms with Crippen LogP contribution in [0.3, 0.4) is 0 Å². The van der Waals surface area contributed by atoms with E-state index >= 15 is 0 Å². The summed E-state index contributed by atoms with van der Waals surface area (Å²) in [5.74, 6) is 0. The van der Waals surface area contributed by atoms with Gasteiger partial charge in [-0.15, -0.1) is 0 Å². The summed E-state index contributed by atoms with van der Waals surface area (Å²) in [7, 11) is -4.93. The standard InChI is InChI=1S/C14H24O2P2/c1-11(2)17(5,15)13-9-7-8-10-14(13)18(6,16)12(3)4/h7-12H,1-6H3. The molecule has 0 bridgehead atoms. The van der Waals surface area contributed by atoms with Crippen LogP contribution in [-0.2, 0) is 9.13 Å². The highest BCUT2D eigenvalue weighted by atomic mass is 31.2. The van der Waals surface area contributed by atoms with Crippen molar-refractivity contribution in [3.63, 3.8) is 0 Å². The lowest BCUT2D eigenvalue weighted by atomic mass is 10.4. The fourth-order valence-corrected chi connectivity index (χ4v) is 5.90. The molecular formula is C14H24O2P2. The predicted octanol–water partition coefficient (Wildman–Crippen LogP) is 3.74. The van der Waals surface area contributed by atoms with Gasteiger partial charge < -0.3 is 9.13 Å². The van der Waals surface area contributed by atoms with E-state index in [0.29, 0.717) is 0 Å². The summed E-state index contributed by atoms with van der Waals surface area (Å²) in [6.45, 7) is 11.5. The third-order valence-electron chi connectivity index (χ3n) is 3.81. The molecule has 0 amide bonds. The number of rotatable bonds is 4. The molecule has 0 heterocycles. The van der Waals surface area contributed by atoms with Crippen LogP contribution in [0, 0.1) is 0 Å². The lowest BCUT2D eigenvalue weighted by Gasteiger charge is -2.25. The molecule has 0 aliphatic carbocycles. The SMILES string of the molecule is CC(C)P(C)(=O)c1ccccc1P(C)(=O)C(C)C. The molecule has 0 fully saturated rings. The molecule has 0 radical (unpaired) electrons. The second-order valence-electron chi connectivity index (χ2n) is 5.66. The van der Waals surface area contributed by atoms with Gasteiger partial charge in [-0.3, -0.25) is 0 Å². The highest BCUT2D eigenvalue weighted by Gasteiger charge is 2.32. The van der Waals surface area contributed by atoms with Crippen molar-refractivity contribution >= 4 is 24.9 Å². The zero-order valence-electron chi connectivity index (χ0n) is 12.2. The first-order valence-electron chi connectivity index (χ1n) is 6.36. The molecule has 18 heavy (non-hydrogen) atoms. The van der Waals surface area contributed by atoms with Gasteiger partial charge in [-0.2, -0.15) is 0 Å². The van der Waals surface area contributed by atoms with Crippen LogP contribution >= 0.6 is 14.3 Å². The molecule has 1 aromatic carbocycles. The minimum Gasteiger partial charge on any atom is -0.319 e. The van der Waals surface area contributed by atoms with E-state index in [2.05, 4.69) is 0 Å². The average Bonchev–Trinajstić information content (AvgIpc) is 2.28. The van der Waals surface area contributed by atoms with Gasteiger partial charge in [0.25, 0.3) is 0 Å². The van der Waals surface area contributed by atoms with Crippen LogP contribution in [0.4, 0.5) is 0 Å². The van der Waals surface area contributed by atoms with Crippen LogP contribution in [0.15, 0.2) is 24.3 Å². The van der Waals surface area contributed by atoms with Gasteiger partial charge in [-0.1, -0.05) is 52.0 Å². The lowest BCUT2D eigenvalue weighted by molar-refractivity contribution is 0.576. The van der Waals surface area contributed by atoms with Gasteiger partial charge in [0.1, 0.15) is 14.3 Å². The van der Waals surface area contributed by atoms with E-state index in [1.165, 1.54) is 0 Å². The maximum Gasteiger partial charge on any atom is 0.115 e. The highest BCUT2D eigenvalue weighted by Crippen LogP contribution is 2.51. The Balaban J connectivity index is 3.51. The topological polar surface area (TPSA) is 34.1 Å². The van der Waals surface area contributed by atoms with E-state index < -0.39 is 14.3 Å². The Morgan fingerprint density at radius 3 is 1.28 bits per heavy atom. The third-order valence-corrected chi connectivity index (χ3v) is 10.6. The van der Waals surface area contributed by atoms with Crippen LogP contribution in [-0.4, -0.2) is 24.6 Å². The molecule has 0 aliphatic rings. The number of benzene rings is 1. The fourth-order valence-electron chi connectivity index (χ4n) is 1.77. The molecule has 2 atom stereocenters. The zero-order chi connectivity index (χ0) is 14.1. The Bertz CT molecular complexity index is 471. The molecule has 0 N–H and O–H groups in total. The molecule has 0 aromatic heterocycles. The summed E-state index contributed by atoms with van der Waals surface area (Å²) in [4.78, 5) is 0. The van der Waals surface area contributed by atoms with Gasteiger partial charge >= 0.3 is 0 Å². The average molecular weight is 286 g/mol. The Morgan fingerprint density at radius 1 is 0.778 bits per heavy atom. The van der Waals surface area contributed by atoms with E-state index in [9.17, 15) is 9.13 Å². The second-order valence-corrected chi connectivity index (χ2v) is 12.6. The van der Waals surface area contributed by atoms with Crippen molar-refractivity contribution in [1.29, 1.82) is 0 Å². The Morgan fingerprint density at radius 2 is 1.06 bits per heavy atom. The lowest BCUT2D eigenvalue weighted by Crippen LogP contribution is -2.29. The number of hydrogen-bond donors (Lipinski definition) is 0. The molecule has 0 saturated carbocycles. The van der Waals surface area contributed by atoms with Crippen molar-refractivity contribution in [2.45, 2.75) is 39.0 Å². The molecule has 0 saturated heterocycles. The normalized spacial score (nSPS) is 18.7. The van der Waals surface area contributed by atoms with Gasteiger partial charge in [0.15, 0.2) is 0 Å². The Hall–Kier alpha value is -0.320. The maximum atomic E-state index is 12.9. The Kier molecular flexibility index (Phi) is 4.68. The molecule has 0 spiro atoms. The van der Waals surface area contributed by atoms with Crippen LogP contribution in [0.25, 0.3) is 0 Å². The second kappa shape index (κ2) is 5.35. The summed E-state index contributed by atoms with van der Waals surface area (Å²) in [5.41, 5.74) is 0.150. The van der Waals surface area contributed by atoms with Crippen molar-refractivity contribution < 1.29 is 9.13 Å². The summed E-state index contributed by atoms with van der Waals surface area (Å²) >= 11 is 0. The molecule has 1 aromatic rings. The first kappa shape index (κ1) is 15.7. The van der Waals surface area contributed by atoms with Crippen LogP contribution in [0.2, 0.25) is 0 Å². The predicted molar refractivity (Wildman–Crippen MR) is 83.0 cm³/mol. The molecule has 2 unspecified atom stereocenters. The van der Waals surface area contributed by atoms with Gasteiger partial charge in [0.05, 0.1) is 0 Å². The zero-order valence-corrected chi connectivity index (χ0v) is 14.0. The minimum atomic E-state index is -2.46. The largest absolute Gasteiger partial charge is 0.319 e. The first-order valence-corrected chi connectivity index (χ1v) is 10.8. The van der Waals surface area contributed by atoms with E-state index in [1.54, 1.807) is 13.3 Å².